The van der Waals surface area contributed by atoms with Crippen molar-refractivity contribution in [3.63, 3.8) is 0 Å². The first-order valence-corrected chi connectivity index (χ1v) is 11.1. The minimum absolute atomic E-state index is 0.175. The van der Waals surface area contributed by atoms with Gasteiger partial charge in [0.2, 0.25) is 0 Å². The van der Waals surface area contributed by atoms with Crippen molar-refractivity contribution in [2.75, 3.05) is 14.2 Å². The van der Waals surface area contributed by atoms with Crippen LogP contribution in [0.1, 0.15) is 16.7 Å². The molecule has 0 aliphatic carbocycles. The fraction of sp³-hybridized carbons (Fsp3) is 0.200. The van der Waals surface area contributed by atoms with E-state index in [9.17, 15) is 8.42 Å². The van der Waals surface area contributed by atoms with Crippen molar-refractivity contribution in [3.05, 3.63) is 71.3 Å². The van der Waals surface area contributed by atoms with Gasteiger partial charge in [0.15, 0.2) is 0 Å². The van der Waals surface area contributed by atoms with E-state index in [1.807, 2.05) is 56.3 Å². The monoisotopic (exact) mass is 420 g/mol. The maximum atomic E-state index is 13.1. The SMILES string of the molecule is COc1c(C)cc2cc(C)ccc2c1-c1c(S(=O)(=O)OC)c(C)cc2ccccc12. The summed E-state index contributed by atoms with van der Waals surface area (Å²) in [7, 11) is -1.15. The van der Waals surface area contributed by atoms with Gasteiger partial charge >= 0.3 is 0 Å². The number of aryl methyl sites for hydroxylation is 3. The number of hydrogen-bond acceptors (Lipinski definition) is 4. The highest BCUT2D eigenvalue weighted by atomic mass is 32.2. The Morgan fingerprint density at radius 3 is 2.10 bits per heavy atom. The van der Waals surface area contributed by atoms with Crippen LogP contribution >= 0.6 is 0 Å². The van der Waals surface area contributed by atoms with Crippen LogP contribution in [-0.4, -0.2) is 22.6 Å². The Morgan fingerprint density at radius 1 is 0.733 bits per heavy atom. The molecule has 30 heavy (non-hydrogen) atoms. The first-order chi connectivity index (χ1) is 14.3. The smallest absolute Gasteiger partial charge is 0.297 e. The van der Waals surface area contributed by atoms with Crippen molar-refractivity contribution in [1.82, 2.24) is 0 Å². The molecular formula is C25H24O4S. The quantitative estimate of drug-likeness (QED) is 0.384. The van der Waals surface area contributed by atoms with E-state index in [0.717, 1.165) is 38.2 Å². The Morgan fingerprint density at radius 2 is 1.40 bits per heavy atom. The number of hydrogen-bond donors (Lipinski definition) is 0. The van der Waals surface area contributed by atoms with Crippen LogP contribution in [0.4, 0.5) is 0 Å². The molecule has 154 valence electrons. The van der Waals surface area contributed by atoms with Crippen molar-refractivity contribution in [2.24, 2.45) is 0 Å². The van der Waals surface area contributed by atoms with Crippen LogP contribution in [0.5, 0.6) is 5.75 Å². The van der Waals surface area contributed by atoms with E-state index in [0.29, 0.717) is 16.9 Å². The fourth-order valence-corrected chi connectivity index (χ4v) is 5.36. The molecule has 0 fully saturated rings. The van der Waals surface area contributed by atoms with Crippen molar-refractivity contribution in [1.29, 1.82) is 0 Å². The van der Waals surface area contributed by atoms with Gasteiger partial charge in [-0.15, -0.1) is 0 Å². The molecule has 4 aromatic rings. The Balaban J connectivity index is 2.34. The zero-order valence-electron chi connectivity index (χ0n) is 17.7. The first-order valence-electron chi connectivity index (χ1n) is 9.69. The Hall–Kier alpha value is -2.89. The molecule has 0 bridgehead atoms. The Labute approximate surface area is 177 Å². The number of fused-ring (bicyclic) bond motifs is 2. The molecule has 0 spiro atoms. The predicted molar refractivity (Wildman–Crippen MR) is 122 cm³/mol. The highest BCUT2D eigenvalue weighted by molar-refractivity contribution is 7.87. The summed E-state index contributed by atoms with van der Waals surface area (Å²) < 4.78 is 36.9. The average Bonchev–Trinajstić information content (AvgIpc) is 2.71. The molecule has 0 N–H and O–H groups in total. The van der Waals surface area contributed by atoms with Crippen molar-refractivity contribution >= 4 is 31.7 Å². The Bertz CT molecular complexity index is 1400. The largest absolute Gasteiger partial charge is 0.496 e. The fourth-order valence-electron chi connectivity index (χ4n) is 4.28. The summed E-state index contributed by atoms with van der Waals surface area (Å²) >= 11 is 0. The van der Waals surface area contributed by atoms with E-state index >= 15 is 0 Å². The third-order valence-corrected chi connectivity index (χ3v) is 7.01. The second-order valence-corrected chi connectivity index (χ2v) is 9.22. The van der Waals surface area contributed by atoms with Crippen LogP contribution in [0.2, 0.25) is 0 Å². The number of rotatable bonds is 4. The minimum Gasteiger partial charge on any atom is -0.496 e. The molecule has 0 aliphatic heterocycles. The summed E-state index contributed by atoms with van der Waals surface area (Å²) in [6.07, 6.45) is 0. The maximum absolute atomic E-state index is 13.1. The molecule has 0 unspecified atom stereocenters. The maximum Gasteiger partial charge on any atom is 0.297 e. The van der Waals surface area contributed by atoms with Gasteiger partial charge in [-0.25, -0.2) is 0 Å². The van der Waals surface area contributed by atoms with Crippen molar-refractivity contribution in [2.45, 2.75) is 25.7 Å². The predicted octanol–water partition coefficient (Wildman–Crippen LogP) is 5.93. The van der Waals surface area contributed by atoms with Crippen LogP contribution < -0.4 is 4.74 Å². The molecule has 0 atom stereocenters. The zero-order valence-corrected chi connectivity index (χ0v) is 18.6. The van der Waals surface area contributed by atoms with E-state index in [-0.39, 0.29) is 4.90 Å². The topological polar surface area (TPSA) is 52.6 Å². The van der Waals surface area contributed by atoms with Crippen molar-refractivity contribution in [3.8, 4) is 16.9 Å². The van der Waals surface area contributed by atoms with Crippen LogP contribution in [0.3, 0.4) is 0 Å². The van der Waals surface area contributed by atoms with Crippen LogP contribution in [0.25, 0.3) is 32.7 Å². The van der Waals surface area contributed by atoms with Gasteiger partial charge in [0.25, 0.3) is 10.1 Å². The van der Waals surface area contributed by atoms with Crippen LogP contribution in [0.15, 0.2) is 59.5 Å². The standard InChI is InChI=1S/C25H24O4S/c1-15-10-11-21-19(12-15)13-16(2)24(28-4)22(21)23-20-9-7-6-8-18(20)14-17(3)25(23)30(26,27)29-5/h6-14H,1-5H3. The summed E-state index contributed by atoms with van der Waals surface area (Å²) in [6.45, 7) is 5.82. The summed E-state index contributed by atoms with van der Waals surface area (Å²) in [5.41, 5.74) is 4.09. The molecule has 4 aromatic carbocycles. The number of ether oxygens (including phenoxy) is 1. The van der Waals surface area contributed by atoms with E-state index < -0.39 is 10.1 Å². The normalized spacial score (nSPS) is 11.9. The van der Waals surface area contributed by atoms with Crippen molar-refractivity contribution < 1.29 is 17.3 Å². The van der Waals surface area contributed by atoms with Gasteiger partial charge < -0.3 is 4.74 Å². The Kier molecular flexibility index (Phi) is 5.04. The molecule has 0 heterocycles. The van der Waals surface area contributed by atoms with E-state index in [2.05, 4.69) is 12.1 Å². The van der Waals surface area contributed by atoms with Gasteiger partial charge in [-0.05, 0) is 59.5 Å². The highest BCUT2D eigenvalue weighted by Crippen LogP contribution is 2.46. The lowest BCUT2D eigenvalue weighted by Crippen LogP contribution is -2.08. The van der Waals surface area contributed by atoms with Gasteiger partial charge in [-0.1, -0.05) is 54.1 Å². The molecule has 4 nitrogen and oxygen atoms in total. The number of methoxy groups -OCH3 is 1. The lowest BCUT2D eigenvalue weighted by molar-refractivity contribution is 0.397. The van der Waals surface area contributed by atoms with Crippen LogP contribution in [0, 0.1) is 20.8 Å². The second kappa shape index (κ2) is 7.42. The molecule has 0 aromatic heterocycles. The van der Waals surface area contributed by atoms with Gasteiger partial charge in [0, 0.05) is 11.1 Å². The van der Waals surface area contributed by atoms with E-state index in [1.54, 1.807) is 14.0 Å². The van der Waals surface area contributed by atoms with Gasteiger partial charge in [-0.2, -0.15) is 8.42 Å². The highest BCUT2D eigenvalue weighted by Gasteiger charge is 2.28. The van der Waals surface area contributed by atoms with E-state index in [4.69, 9.17) is 8.92 Å². The lowest BCUT2D eigenvalue weighted by Gasteiger charge is -2.21. The molecule has 4 rings (SSSR count). The summed E-state index contributed by atoms with van der Waals surface area (Å²) in [5.74, 6) is 0.662. The summed E-state index contributed by atoms with van der Waals surface area (Å²) in [5, 5.41) is 3.77. The molecule has 0 radical (unpaired) electrons. The van der Waals surface area contributed by atoms with Gasteiger partial charge in [0.1, 0.15) is 10.6 Å². The molecule has 0 aliphatic rings. The minimum atomic E-state index is -3.97. The summed E-state index contributed by atoms with van der Waals surface area (Å²) in [4.78, 5) is 0.175. The second-order valence-electron chi connectivity index (χ2n) is 7.57. The van der Waals surface area contributed by atoms with Gasteiger partial charge in [-0.3, -0.25) is 4.18 Å². The molecule has 5 heteroatoms. The number of benzene rings is 4. The van der Waals surface area contributed by atoms with Gasteiger partial charge in [0.05, 0.1) is 14.2 Å². The molecule has 0 saturated heterocycles. The lowest BCUT2D eigenvalue weighted by atomic mass is 9.89. The molecule has 0 amide bonds. The van der Waals surface area contributed by atoms with E-state index in [1.165, 1.54) is 7.11 Å². The zero-order chi connectivity index (χ0) is 21.6. The first kappa shape index (κ1) is 20.4. The third-order valence-electron chi connectivity index (χ3n) is 5.54. The average molecular weight is 421 g/mol. The molecular weight excluding hydrogens is 396 g/mol. The van der Waals surface area contributed by atoms with Crippen LogP contribution in [-0.2, 0) is 14.3 Å². The third kappa shape index (κ3) is 3.15. The molecule has 0 saturated carbocycles. The summed E-state index contributed by atoms with van der Waals surface area (Å²) in [6, 6.07) is 17.9.